The molecule has 0 aliphatic heterocycles. The van der Waals surface area contributed by atoms with Crippen molar-refractivity contribution < 1.29 is 19.2 Å². The van der Waals surface area contributed by atoms with Gasteiger partial charge in [-0.3, -0.25) is 14.9 Å². The minimum atomic E-state index is -1.01. The molecule has 0 amide bonds. The van der Waals surface area contributed by atoms with E-state index in [1.54, 1.807) is 18.2 Å². The molecule has 0 spiro atoms. The first-order chi connectivity index (χ1) is 11.6. The van der Waals surface area contributed by atoms with Crippen LogP contribution in [0.25, 0.3) is 11.0 Å². The van der Waals surface area contributed by atoms with Gasteiger partial charge >= 0.3 is 5.69 Å². The monoisotopic (exact) mass is 330 g/mol. The molecule has 8 heteroatoms. The molecule has 24 heavy (non-hydrogen) atoms. The molecular formula is C16H14N2O6. The van der Waals surface area contributed by atoms with Crippen LogP contribution >= 0.6 is 0 Å². The summed E-state index contributed by atoms with van der Waals surface area (Å²) in [6.07, 6.45) is 1.93. The minimum absolute atomic E-state index is 0.000580. The van der Waals surface area contributed by atoms with Crippen LogP contribution in [-0.4, -0.2) is 27.3 Å². The molecule has 0 saturated heterocycles. The number of hydrogen-bond acceptors (Lipinski definition) is 6. The first-order valence-electron chi connectivity index (χ1n) is 7.17. The zero-order valence-electron chi connectivity index (χ0n) is 12.5. The molecule has 0 aliphatic rings. The second-order valence-corrected chi connectivity index (χ2v) is 5.16. The molecule has 1 N–H and O–H groups in total. The third kappa shape index (κ3) is 3.13. The topological polar surface area (TPSA) is 108 Å². The van der Waals surface area contributed by atoms with Crippen LogP contribution in [0.4, 0.5) is 5.69 Å². The Balaban J connectivity index is 1.69. The summed E-state index contributed by atoms with van der Waals surface area (Å²) < 4.78 is 11.8. The number of ether oxygens (including phenoxy) is 1. The summed E-state index contributed by atoms with van der Waals surface area (Å²) in [6, 6.07) is 9.09. The Morgan fingerprint density at radius 3 is 2.88 bits per heavy atom. The van der Waals surface area contributed by atoms with Gasteiger partial charge in [0.15, 0.2) is 5.75 Å². The quantitative estimate of drug-likeness (QED) is 0.546. The van der Waals surface area contributed by atoms with Crippen molar-refractivity contribution in [3.63, 3.8) is 0 Å². The van der Waals surface area contributed by atoms with Crippen molar-refractivity contribution in [2.24, 2.45) is 0 Å². The third-order valence-electron chi connectivity index (χ3n) is 3.49. The fourth-order valence-corrected chi connectivity index (χ4v) is 2.35. The van der Waals surface area contributed by atoms with E-state index in [9.17, 15) is 20.0 Å². The molecular weight excluding hydrogens is 316 g/mol. The van der Waals surface area contributed by atoms with Crippen LogP contribution in [0.15, 0.2) is 58.1 Å². The lowest BCUT2D eigenvalue weighted by Crippen LogP contribution is -2.29. The maximum atomic E-state index is 12.2. The summed E-state index contributed by atoms with van der Waals surface area (Å²) >= 11 is 0. The van der Waals surface area contributed by atoms with Gasteiger partial charge in [0.1, 0.15) is 18.3 Å². The van der Waals surface area contributed by atoms with Gasteiger partial charge in [0.25, 0.3) is 5.56 Å². The van der Waals surface area contributed by atoms with Crippen LogP contribution < -0.4 is 10.3 Å². The van der Waals surface area contributed by atoms with E-state index in [-0.39, 0.29) is 30.1 Å². The standard InChI is InChI=1S/C16H14N2O6/c19-11(10-24-15-4-2-1-3-13(15)18(21)22)9-17-7-5-14-12(16(17)20)6-8-23-14/h1-8,11,19H,9-10H2/t11-/m1/s1. The van der Waals surface area contributed by atoms with E-state index in [1.165, 1.54) is 35.2 Å². The molecule has 3 rings (SSSR count). The first-order valence-corrected chi connectivity index (χ1v) is 7.17. The largest absolute Gasteiger partial charge is 0.484 e. The lowest BCUT2D eigenvalue weighted by atomic mass is 10.3. The maximum Gasteiger partial charge on any atom is 0.310 e. The number of nitro benzene ring substituents is 1. The predicted octanol–water partition coefficient (Wildman–Crippen LogP) is 1.94. The lowest BCUT2D eigenvalue weighted by Gasteiger charge is -2.14. The predicted molar refractivity (Wildman–Crippen MR) is 85.1 cm³/mol. The Morgan fingerprint density at radius 2 is 2.08 bits per heavy atom. The summed E-state index contributed by atoms with van der Waals surface area (Å²) in [4.78, 5) is 22.6. The molecule has 8 nitrogen and oxygen atoms in total. The fourth-order valence-electron chi connectivity index (χ4n) is 2.35. The summed E-state index contributed by atoms with van der Waals surface area (Å²) in [5.41, 5.74) is 0.00887. The molecule has 2 heterocycles. The molecule has 3 aromatic rings. The molecule has 0 unspecified atom stereocenters. The Kier molecular flexibility index (Phi) is 4.30. The van der Waals surface area contributed by atoms with E-state index in [0.717, 1.165) is 0 Å². The zero-order chi connectivity index (χ0) is 17.1. The summed E-state index contributed by atoms with van der Waals surface area (Å²) in [7, 11) is 0. The average Bonchev–Trinajstić information content (AvgIpc) is 3.05. The summed E-state index contributed by atoms with van der Waals surface area (Å²) in [6.45, 7) is -0.179. The van der Waals surface area contributed by atoms with E-state index < -0.39 is 11.0 Å². The van der Waals surface area contributed by atoms with E-state index in [4.69, 9.17) is 9.15 Å². The maximum absolute atomic E-state index is 12.2. The van der Waals surface area contributed by atoms with Gasteiger partial charge in [-0.05, 0) is 18.2 Å². The molecule has 124 valence electrons. The van der Waals surface area contributed by atoms with Gasteiger partial charge in [0.05, 0.1) is 23.1 Å². The van der Waals surface area contributed by atoms with E-state index in [0.29, 0.717) is 11.0 Å². The summed E-state index contributed by atoms with van der Waals surface area (Å²) in [5, 5.41) is 21.4. The third-order valence-corrected chi connectivity index (χ3v) is 3.49. The molecule has 0 fully saturated rings. The molecule has 2 aromatic heterocycles. The number of furan rings is 1. The van der Waals surface area contributed by atoms with E-state index in [1.807, 2.05) is 0 Å². The van der Waals surface area contributed by atoms with Gasteiger partial charge in [-0.15, -0.1) is 0 Å². The van der Waals surface area contributed by atoms with Crippen LogP contribution in [0.3, 0.4) is 0 Å². The van der Waals surface area contributed by atoms with Crippen molar-refractivity contribution >= 4 is 16.7 Å². The highest BCUT2D eigenvalue weighted by molar-refractivity contribution is 5.75. The molecule has 0 saturated carbocycles. The second kappa shape index (κ2) is 6.55. The van der Waals surface area contributed by atoms with Crippen molar-refractivity contribution in [3.8, 4) is 5.75 Å². The Morgan fingerprint density at radius 1 is 1.29 bits per heavy atom. The number of para-hydroxylation sites is 2. The smallest absolute Gasteiger partial charge is 0.310 e. The van der Waals surface area contributed by atoms with Crippen molar-refractivity contribution in [3.05, 3.63) is 69.3 Å². The highest BCUT2D eigenvalue weighted by Crippen LogP contribution is 2.25. The van der Waals surface area contributed by atoms with Crippen LogP contribution in [0, 0.1) is 10.1 Å². The van der Waals surface area contributed by atoms with Gasteiger partial charge in [-0.25, -0.2) is 0 Å². The zero-order valence-corrected chi connectivity index (χ0v) is 12.5. The Hall–Kier alpha value is -3.13. The van der Waals surface area contributed by atoms with Crippen LogP contribution in [0.5, 0.6) is 5.75 Å². The Labute approximate surface area is 135 Å². The van der Waals surface area contributed by atoms with Gasteiger partial charge < -0.3 is 18.8 Å². The van der Waals surface area contributed by atoms with Crippen LogP contribution in [0.1, 0.15) is 0 Å². The van der Waals surface area contributed by atoms with Crippen molar-refractivity contribution in [1.82, 2.24) is 4.57 Å². The van der Waals surface area contributed by atoms with Gasteiger partial charge in [0, 0.05) is 12.3 Å². The number of fused-ring (bicyclic) bond motifs is 1. The van der Waals surface area contributed by atoms with Crippen molar-refractivity contribution in [1.29, 1.82) is 0 Å². The number of pyridine rings is 1. The second-order valence-electron chi connectivity index (χ2n) is 5.16. The average molecular weight is 330 g/mol. The number of aromatic nitrogens is 1. The van der Waals surface area contributed by atoms with Crippen LogP contribution in [0.2, 0.25) is 0 Å². The van der Waals surface area contributed by atoms with Crippen molar-refractivity contribution in [2.45, 2.75) is 12.6 Å². The van der Waals surface area contributed by atoms with Gasteiger partial charge in [-0.1, -0.05) is 12.1 Å². The highest BCUT2D eigenvalue weighted by atomic mass is 16.6. The Bertz CT molecular complexity index is 929. The fraction of sp³-hybridized carbons (Fsp3) is 0.188. The van der Waals surface area contributed by atoms with Crippen molar-refractivity contribution in [2.75, 3.05) is 6.61 Å². The SMILES string of the molecule is O=c1c2ccoc2ccn1C[C@@H](O)COc1ccccc1[N+](=O)[O-]. The van der Waals surface area contributed by atoms with E-state index >= 15 is 0 Å². The number of rotatable bonds is 6. The molecule has 1 atom stereocenters. The number of nitro groups is 1. The van der Waals surface area contributed by atoms with E-state index in [2.05, 4.69) is 0 Å². The number of nitrogens with zero attached hydrogens (tertiary/aromatic N) is 2. The molecule has 1 aromatic carbocycles. The normalized spacial score (nSPS) is 12.2. The molecule has 0 aliphatic carbocycles. The molecule has 0 radical (unpaired) electrons. The van der Waals surface area contributed by atoms with Gasteiger partial charge in [-0.2, -0.15) is 0 Å². The number of hydrogen-bond donors (Lipinski definition) is 1. The van der Waals surface area contributed by atoms with Crippen LogP contribution in [-0.2, 0) is 6.54 Å². The number of benzene rings is 1. The lowest BCUT2D eigenvalue weighted by molar-refractivity contribution is -0.385. The summed E-state index contributed by atoms with van der Waals surface area (Å²) in [5.74, 6) is 0.0687. The minimum Gasteiger partial charge on any atom is -0.484 e. The van der Waals surface area contributed by atoms with Gasteiger partial charge in [0.2, 0.25) is 0 Å². The number of aliphatic hydroxyl groups excluding tert-OH is 1. The molecule has 0 bridgehead atoms. The first kappa shape index (κ1) is 15.8. The number of aliphatic hydroxyl groups is 1. The highest BCUT2D eigenvalue weighted by Gasteiger charge is 2.16.